The van der Waals surface area contributed by atoms with Crippen LogP contribution in [0.2, 0.25) is 0 Å². The summed E-state index contributed by atoms with van der Waals surface area (Å²) in [5, 5.41) is 13.9. The number of hydrogen-bond acceptors (Lipinski definition) is 3. The molecule has 1 aromatic rings. The number of rotatable bonds is 8. The van der Waals surface area contributed by atoms with Crippen LogP contribution in [0.3, 0.4) is 0 Å². The SMILES string of the molecule is CN=C(NCCNC(=O)CC1CCCCC1)NCC(C)c1ccsc1. The van der Waals surface area contributed by atoms with Crippen molar-refractivity contribution in [3.05, 3.63) is 22.4 Å². The van der Waals surface area contributed by atoms with E-state index in [-0.39, 0.29) is 5.91 Å². The average molecular weight is 365 g/mol. The van der Waals surface area contributed by atoms with Gasteiger partial charge in [0, 0.05) is 33.1 Å². The molecule has 1 aliphatic rings. The average Bonchev–Trinajstić information content (AvgIpc) is 3.16. The lowest BCUT2D eigenvalue weighted by molar-refractivity contribution is -0.122. The van der Waals surface area contributed by atoms with Gasteiger partial charge in [-0.1, -0.05) is 26.2 Å². The van der Waals surface area contributed by atoms with E-state index < -0.39 is 0 Å². The normalized spacial score (nSPS) is 17.1. The fraction of sp³-hybridized carbons (Fsp3) is 0.684. The fourth-order valence-corrected chi connectivity index (χ4v) is 4.03. The largest absolute Gasteiger partial charge is 0.356 e. The van der Waals surface area contributed by atoms with E-state index >= 15 is 0 Å². The Bertz CT molecular complexity index is 524. The third-order valence-corrected chi connectivity index (χ3v) is 5.55. The van der Waals surface area contributed by atoms with Crippen LogP contribution in [-0.2, 0) is 4.79 Å². The van der Waals surface area contributed by atoms with Crippen LogP contribution >= 0.6 is 11.3 Å². The van der Waals surface area contributed by atoms with Gasteiger partial charge in [-0.05, 0) is 47.1 Å². The molecule has 1 heterocycles. The van der Waals surface area contributed by atoms with Gasteiger partial charge in [0.15, 0.2) is 5.96 Å². The minimum absolute atomic E-state index is 0.183. The quantitative estimate of drug-likeness (QED) is 0.377. The lowest BCUT2D eigenvalue weighted by atomic mass is 9.87. The van der Waals surface area contributed by atoms with Gasteiger partial charge in [0.2, 0.25) is 5.91 Å². The molecule has 0 aliphatic heterocycles. The summed E-state index contributed by atoms with van der Waals surface area (Å²) < 4.78 is 0. The molecule has 1 saturated carbocycles. The molecule has 1 fully saturated rings. The molecule has 1 aromatic heterocycles. The second kappa shape index (κ2) is 11.1. The van der Waals surface area contributed by atoms with Gasteiger partial charge < -0.3 is 16.0 Å². The van der Waals surface area contributed by atoms with Crippen LogP contribution in [0.15, 0.2) is 21.8 Å². The molecule has 3 N–H and O–H groups in total. The first-order valence-corrected chi connectivity index (χ1v) is 10.4. The van der Waals surface area contributed by atoms with Crippen molar-refractivity contribution in [2.75, 3.05) is 26.7 Å². The molecule has 0 aromatic carbocycles. The van der Waals surface area contributed by atoms with Crippen molar-refractivity contribution in [3.63, 3.8) is 0 Å². The Balaban J connectivity index is 1.56. The van der Waals surface area contributed by atoms with Crippen LogP contribution in [0.1, 0.15) is 56.9 Å². The highest BCUT2D eigenvalue weighted by molar-refractivity contribution is 7.07. The Morgan fingerprint density at radius 1 is 1.24 bits per heavy atom. The number of aliphatic imine (C=N–C) groups is 1. The molecule has 5 nitrogen and oxygen atoms in total. The maximum absolute atomic E-state index is 12.0. The van der Waals surface area contributed by atoms with Crippen LogP contribution in [0.5, 0.6) is 0 Å². The van der Waals surface area contributed by atoms with E-state index in [4.69, 9.17) is 0 Å². The summed E-state index contributed by atoms with van der Waals surface area (Å²) in [6, 6.07) is 2.16. The fourth-order valence-electron chi connectivity index (χ4n) is 3.25. The van der Waals surface area contributed by atoms with E-state index in [1.165, 1.54) is 37.7 Å². The van der Waals surface area contributed by atoms with E-state index in [9.17, 15) is 4.79 Å². The number of amides is 1. The van der Waals surface area contributed by atoms with E-state index in [1.807, 2.05) is 0 Å². The molecule has 0 radical (unpaired) electrons. The highest BCUT2D eigenvalue weighted by atomic mass is 32.1. The minimum atomic E-state index is 0.183. The summed E-state index contributed by atoms with van der Waals surface area (Å²) in [6.45, 7) is 4.35. The van der Waals surface area contributed by atoms with Crippen LogP contribution in [0, 0.1) is 5.92 Å². The summed E-state index contributed by atoms with van der Waals surface area (Å²) in [5.74, 6) is 2.00. The van der Waals surface area contributed by atoms with Gasteiger partial charge in [-0.15, -0.1) is 0 Å². The zero-order chi connectivity index (χ0) is 17.9. The van der Waals surface area contributed by atoms with Crippen LogP contribution in [0.25, 0.3) is 0 Å². The van der Waals surface area contributed by atoms with Crippen molar-refractivity contribution in [2.24, 2.45) is 10.9 Å². The Hall–Kier alpha value is -1.56. The highest BCUT2D eigenvalue weighted by Gasteiger charge is 2.16. The lowest BCUT2D eigenvalue weighted by Crippen LogP contribution is -2.42. The third-order valence-electron chi connectivity index (χ3n) is 4.85. The first-order chi connectivity index (χ1) is 12.2. The molecule has 1 amide bonds. The van der Waals surface area contributed by atoms with Gasteiger partial charge in [-0.2, -0.15) is 11.3 Å². The molecule has 6 heteroatoms. The minimum Gasteiger partial charge on any atom is -0.356 e. The highest BCUT2D eigenvalue weighted by Crippen LogP contribution is 2.25. The number of carbonyl (C=O) groups is 1. The molecule has 1 atom stereocenters. The molecule has 2 rings (SSSR count). The van der Waals surface area contributed by atoms with E-state index in [2.05, 4.69) is 44.7 Å². The van der Waals surface area contributed by atoms with Crippen LogP contribution < -0.4 is 16.0 Å². The number of nitrogens with zero attached hydrogens (tertiary/aromatic N) is 1. The van der Waals surface area contributed by atoms with E-state index in [0.717, 1.165) is 12.5 Å². The smallest absolute Gasteiger partial charge is 0.220 e. The Morgan fingerprint density at radius 2 is 2.00 bits per heavy atom. The Morgan fingerprint density at radius 3 is 2.68 bits per heavy atom. The van der Waals surface area contributed by atoms with Gasteiger partial charge in [0.05, 0.1) is 0 Å². The standard InChI is InChI=1S/C19H32N4OS/c1-15(17-8-11-25-14-17)13-23-19(20-2)22-10-9-21-18(24)12-16-6-4-3-5-7-16/h8,11,14-16H,3-7,9-10,12-13H2,1-2H3,(H,21,24)(H2,20,22,23). The summed E-state index contributed by atoms with van der Waals surface area (Å²) in [7, 11) is 1.77. The maximum Gasteiger partial charge on any atom is 0.220 e. The van der Waals surface area contributed by atoms with E-state index in [0.29, 0.717) is 31.3 Å². The van der Waals surface area contributed by atoms with E-state index in [1.54, 1.807) is 18.4 Å². The number of guanidine groups is 1. The Labute approximate surface area is 155 Å². The first kappa shape index (κ1) is 19.8. The summed E-state index contributed by atoms with van der Waals surface area (Å²) in [6.07, 6.45) is 7.01. The summed E-state index contributed by atoms with van der Waals surface area (Å²) in [4.78, 5) is 16.2. The van der Waals surface area contributed by atoms with Gasteiger partial charge in [-0.3, -0.25) is 9.79 Å². The van der Waals surface area contributed by atoms with Gasteiger partial charge >= 0.3 is 0 Å². The van der Waals surface area contributed by atoms with Gasteiger partial charge in [0.1, 0.15) is 0 Å². The molecule has 0 spiro atoms. The summed E-state index contributed by atoms with van der Waals surface area (Å²) in [5.41, 5.74) is 1.35. The van der Waals surface area contributed by atoms with Crippen molar-refractivity contribution in [1.82, 2.24) is 16.0 Å². The van der Waals surface area contributed by atoms with Gasteiger partial charge in [0.25, 0.3) is 0 Å². The van der Waals surface area contributed by atoms with Crippen molar-refractivity contribution in [2.45, 2.75) is 51.4 Å². The molecule has 1 aliphatic carbocycles. The first-order valence-electron chi connectivity index (χ1n) is 9.42. The Kier molecular flexibility index (Phi) is 8.80. The number of carbonyl (C=O) groups excluding carboxylic acids is 1. The van der Waals surface area contributed by atoms with Crippen molar-refractivity contribution < 1.29 is 4.79 Å². The topological polar surface area (TPSA) is 65.5 Å². The molecule has 140 valence electrons. The number of thiophene rings is 1. The van der Waals surface area contributed by atoms with Gasteiger partial charge in [-0.25, -0.2) is 0 Å². The van der Waals surface area contributed by atoms with Crippen molar-refractivity contribution in [1.29, 1.82) is 0 Å². The van der Waals surface area contributed by atoms with Crippen molar-refractivity contribution >= 4 is 23.2 Å². The van der Waals surface area contributed by atoms with Crippen LogP contribution in [-0.4, -0.2) is 38.5 Å². The molecule has 1 unspecified atom stereocenters. The van der Waals surface area contributed by atoms with Crippen LogP contribution in [0.4, 0.5) is 0 Å². The number of hydrogen-bond donors (Lipinski definition) is 3. The second-order valence-corrected chi connectivity index (χ2v) is 7.68. The molecule has 25 heavy (non-hydrogen) atoms. The zero-order valence-electron chi connectivity index (χ0n) is 15.5. The lowest BCUT2D eigenvalue weighted by Gasteiger charge is -2.21. The maximum atomic E-state index is 12.0. The number of nitrogens with one attached hydrogen (secondary N) is 3. The second-order valence-electron chi connectivity index (χ2n) is 6.90. The van der Waals surface area contributed by atoms with Crippen molar-refractivity contribution in [3.8, 4) is 0 Å². The predicted molar refractivity (Wildman–Crippen MR) is 106 cm³/mol. The zero-order valence-corrected chi connectivity index (χ0v) is 16.3. The molecular formula is C19H32N4OS. The molecular weight excluding hydrogens is 332 g/mol. The molecule has 0 bridgehead atoms. The summed E-state index contributed by atoms with van der Waals surface area (Å²) >= 11 is 1.73. The molecule has 0 saturated heterocycles. The predicted octanol–water partition coefficient (Wildman–Crippen LogP) is 3.10. The third kappa shape index (κ3) is 7.46. The monoisotopic (exact) mass is 364 g/mol.